The summed E-state index contributed by atoms with van der Waals surface area (Å²) in [6.45, 7) is 4.01. The average molecular weight is 306 g/mol. The lowest BCUT2D eigenvalue weighted by Crippen LogP contribution is -2.27. The molecule has 0 saturated carbocycles. The van der Waals surface area contributed by atoms with E-state index in [9.17, 15) is 4.79 Å². The highest BCUT2D eigenvalue weighted by molar-refractivity contribution is 7.15. The van der Waals surface area contributed by atoms with Gasteiger partial charge in [-0.1, -0.05) is 12.1 Å². The second-order valence-corrected chi connectivity index (χ2v) is 5.80. The standard InChI is InChI=1S/C15H18N2O3S/c1-10-8-16-15(21-10)17-14(18)11(2)20-9-12-5-4-6-13(7-12)19-3/h4-8,11H,9H2,1-3H3,(H,16,17,18)/t11-/m0/s1. The molecule has 1 N–H and O–H groups in total. The molecule has 2 aromatic rings. The number of hydrogen-bond acceptors (Lipinski definition) is 5. The Bertz CT molecular complexity index is 612. The molecule has 112 valence electrons. The number of aromatic nitrogens is 1. The van der Waals surface area contributed by atoms with Crippen molar-refractivity contribution in [1.82, 2.24) is 4.98 Å². The number of nitrogens with one attached hydrogen (secondary N) is 1. The van der Waals surface area contributed by atoms with Gasteiger partial charge in [-0.3, -0.25) is 10.1 Å². The number of amides is 1. The van der Waals surface area contributed by atoms with Gasteiger partial charge >= 0.3 is 0 Å². The number of ether oxygens (including phenoxy) is 2. The topological polar surface area (TPSA) is 60.5 Å². The molecule has 0 radical (unpaired) electrons. The molecule has 0 spiro atoms. The summed E-state index contributed by atoms with van der Waals surface area (Å²) in [7, 11) is 1.62. The molecule has 0 unspecified atom stereocenters. The molecule has 1 aromatic carbocycles. The van der Waals surface area contributed by atoms with Crippen molar-refractivity contribution in [2.45, 2.75) is 26.6 Å². The van der Waals surface area contributed by atoms with Gasteiger partial charge in [0.2, 0.25) is 0 Å². The van der Waals surface area contributed by atoms with Gasteiger partial charge in [0.1, 0.15) is 11.9 Å². The fourth-order valence-corrected chi connectivity index (χ4v) is 2.35. The van der Waals surface area contributed by atoms with Crippen molar-refractivity contribution in [3.8, 4) is 5.75 Å². The van der Waals surface area contributed by atoms with Crippen LogP contribution in [0.15, 0.2) is 30.5 Å². The van der Waals surface area contributed by atoms with Crippen LogP contribution in [-0.4, -0.2) is 24.1 Å². The van der Waals surface area contributed by atoms with Crippen LogP contribution in [-0.2, 0) is 16.1 Å². The van der Waals surface area contributed by atoms with E-state index in [2.05, 4.69) is 10.3 Å². The molecule has 1 heterocycles. The first kappa shape index (κ1) is 15.5. The number of nitrogens with zero attached hydrogens (tertiary/aromatic N) is 1. The van der Waals surface area contributed by atoms with Crippen molar-refractivity contribution in [3.63, 3.8) is 0 Å². The molecule has 5 nitrogen and oxygen atoms in total. The normalized spacial score (nSPS) is 12.0. The molecule has 0 fully saturated rings. The van der Waals surface area contributed by atoms with E-state index in [1.54, 1.807) is 20.2 Å². The van der Waals surface area contributed by atoms with Gasteiger partial charge in [0.25, 0.3) is 5.91 Å². The second-order valence-electron chi connectivity index (χ2n) is 4.57. The summed E-state index contributed by atoms with van der Waals surface area (Å²) >= 11 is 1.44. The van der Waals surface area contributed by atoms with Crippen LogP contribution >= 0.6 is 11.3 Å². The number of hydrogen-bond donors (Lipinski definition) is 1. The summed E-state index contributed by atoms with van der Waals surface area (Å²) in [5.41, 5.74) is 0.957. The van der Waals surface area contributed by atoms with Crippen LogP contribution < -0.4 is 10.1 Å². The van der Waals surface area contributed by atoms with Crippen LogP contribution in [0.2, 0.25) is 0 Å². The Kier molecular flexibility index (Phi) is 5.30. The first-order chi connectivity index (χ1) is 10.1. The smallest absolute Gasteiger partial charge is 0.255 e. The monoisotopic (exact) mass is 306 g/mol. The zero-order valence-corrected chi connectivity index (χ0v) is 13.1. The Morgan fingerprint density at radius 2 is 2.29 bits per heavy atom. The average Bonchev–Trinajstić information content (AvgIpc) is 2.90. The molecule has 1 aromatic heterocycles. The van der Waals surface area contributed by atoms with Gasteiger partial charge in [-0.15, -0.1) is 11.3 Å². The van der Waals surface area contributed by atoms with Gasteiger partial charge in [0, 0.05) is 11.1 Å². The Hall–Kier alpha value is -1.92. The van der Waals surface area contributed by atoms with E-state index in [4.69, 9.17) is 9.47 Å². The number of anilines is 1. The van der Waals surface area contributed by atoms with E-state index < -0.39 is 6.10 Å². The maximum atomic E-state index is 12.0. The molecule has 0 saturated heterocycles. The number of thiazole rings is 1. The largest absolute Gasteiger partial charge is 0.497 e. The SMILES string of the molecule is COc1cccc(CO[C@@H](C)C(=O)Nc2ncc(C)s2)c1. The summed E-state index contributed by atoms with van der Waals surface area (Å²) in [5, 5.41) is 3.33. The number of methoxy groups -OCH3 is 1. The van der Waals surface area contributed by atoms with E-state index >= 15 is 0 Å². The number of carbonyl (C=O) groups excluding carboxylic acids is 1. The van der Waals surface area contributed by atoms with Crippen LogP contribution in [0.3, 0.4) is 0 Å². The second kappa shape index (κ2) is 7.19. The molecule has 0 aliphatic heterocycles. The van der Waals surface area contributed by atoms with Crippen molar-refractivity contribution >= 4 is 22.4 Å². The lowest BCUT2D eigenvalue weighted by molar-refractivity contribution is -0.127. The maximum Gasteiger partial charge on any atom is 0.255 e. The zero-order chi connectivity index (χ0) is 15.2. The van der Waals surface area contributed by atoms with Gasteiger partial charge in [0.15, 0.2) is 5.13 Å². The minimum atomic E-state index is -0.555. The molecule has 1 atom stereocenters. The Morgan fingerprint density at radius 3 is 2.95 bits per heavy atom. The fraction of sp³-hybridized carbons (Fsp3) is 0.333. The number of carbonyl (C=O) groups is 1. The molecule has 6 heteroatoms. The molecule has 0 aliphatic rings. The summed E-state index contributed by atoms with van der Waals surface area (Å²) < 4.78 is 10.7. The fourth-order valence-electron chi connectivity index (χ4n) is 1.68. The highest BCUT2D eigenvalue weighted by Gasteiger charge is 2.15. The number of aryl methyl sites for hydroxylation is 1. The van der Waals surface area contributed by atoms with Crippen LogP contribution in [0.25, 0.3) is 0 Å². The Balaban J connectivity index is 1.85. The van der Waals surface area contributed by atoms with Crippen molar-refractivity contribution in [2.24, 2.45) is 0 Å². The molecule has 21 heavy (non-hydrogen) atoms. The Morgan fingerprint density at radius 1 is 1.48 bits per heavy atom. The van der Waals surface area contributed by atoms with E-state index in [0.29, 0.717) is 11.7 Å². The predicted octanol–water partition coefficient (Wildman–Crippen LogP) is 3.00. The third-order valence-corrected chi connectivity index (χ3v) is 3.68. The quantitative estimate of drug-likeness (QED) is 0.891. The first-order valence-corrected chi connectivity index (χ1v) is 7.38. The van der Waals surface area contributed by atoms with E-state index in [-0.39, 0.29) is 5.91 Å². The van der Waals surface area contributed by atoms with Crippen LogP contribution in [0.5, 0.6) is 5.75 Å². The van der Waals surface area contributed by atoms with Crippen molar-refractivity contribution in [2.75, 3.05) is 12.4 Å². The van der Waals surface area contributed by atoms with Crippen molar-refractivity contribution < 1.29 is 14.3 Å². The lowest BCUT2D eigenvalue weighted by Gasteiger charge is -2.12. The van der Waals surface area contributed by atoms with Crippen LogP contribution in [0.1, 0.15) is 17.4 Å². The van der Waals surface area contributed by atoms with E-state index in [0.717, 1.165) is 16.2 Å². The minimum Gasteiger partial charge on any atom is -0.497 e. The van der Waals surface area contributed by atoms with E-state index in [1.165, 1.54) is 11.3 Å². The summed E-state index contributed by atoms with van der Waals surface area (Å²) in [6, 6.07) is 7.57. The third kappa shape index (κ3) is 4.54. The zero-order valence-electron chi connectivity index (χ0n) is 12.3. The highest BCUT2D eigenvalue weighted by atomic mass is 32.1. The predicted molar refractivity (Wildman–Crippen MR) is 82.7 cm³/mol. The van der Waals surface area contributed by atoms with Gasteiger partial charge in [-0.2, -0.15) is 0 Å². The molecule has 0 aliphatic carbocycles. The molecule has 1 amide bonds. The van der Waals surface area contributed by atoms with Crippen LogP contribution in [0.4, 0.5) is 5.13 Å². The maximum absolute atomic E-state index is 12.0. The van der Waals surface area contributed by atoms with Crippen molar-refractivity contribution in [1.29, 1.82) is 0 Å². The molecular weight excluding hydrogens is 288 g/mol. The van der Waals surface area contributed by atoms with Gasteiger partial charge in [-0.05, 0) is 31.5 Å². The van der Waals surface area contributed by atoms with E-state index in [1.807, 2.05) is 31.2 Å². The minimum absolute atomic E-state index is 0.202. The lowest BCUT2D eigenvalue weighted by atomic mass is 10.2. The third-order valence-electron chi connectivity index (χ3n) is 2.85. The van der Waals surface area contributed by atoms with Gasteiger partial charge in [0.05, 0.1) is 13.7 Å². The van der Waals surface area contributed by atoms with Gasteiger partial charge in [-0.25, -0.2) is 4.98 Å². The molecule has 0 bridgehead atoms. The first-order valence-electron chi connectivity index (χ1n) is 6.56. The highest BCUT2D eigenvalue weighted by Crippen LogP contribution is 2.17. The van der Waals surface area contributed by atoms with Crippen molar-refractivity contribution in [3.05, 3.63) is 40.9 Å². The summed E-state index contributed by atoms with van der Waals surface area (Å²) in [5.74, 6) is 0.568. The Labute approximate surface area is 127 Å². The molecule has 2 rings (SSSR count). The van der Waals surface area contributed by atoms with Gasteiger partial charge < -0.3 is 9.47 Å². The number of rotatable bonds is 6. The van der Waals surface area contributed by atoms with Crippen LogP contribution in [0, 0.1) is 6.92 Å². The molecular formula is C15H18N2O3S. The summed E-state index contributed by atoms with van der Waals surface area (Å²) in [4.78, 5) is 17.1. The number of benzene rings is 1. The summed E-state index contributed by atoms with van der Waals surface area (Å²) in [6.07, 6.45) is 1.17.